The average molecular weight is 433 g/mol. The van der Waals surface area contributed by atoms with E-state index in [0.717, 1.165) is 11.3 Å². The summed E-state index contributed by atoms with van der Waals surface area (Å²) in [5.41, 5.74) is 1.31. The van der Waals surface area contributed by atoms with Crippen molar-refractivity contribution >= 4 is 29.6 Å². The Morgan fingerprint density at radius 3 is 2.57 bits per heavy atom. The molecule has 1 saturated heterocycles. The molecule has 1 aliphatic heterocycles. The van der Waals surface area contributed by atoms with Gasteiger partial charge in [-0.3, -0.25) is 9.69 Å². The number of imide groups is 1. The Kier molecular flexibility index (Phi) is 6.62. The number of amides is 3. The molecule has 1 heterocycles. The first-order chi connectivity index (χ1) is 14.3. The summed E-state index contributed by atoms with van der Waals surface area (Å²) < 4.78 is 24.3. The maximum Gasteiger partial charge on any atom is 0.329 e. The number of carbonyl (C=O) groups excluding carboxylic acids is 2. The molecule has 30 heavy (non-hydrogen) atoms. The molecule has 2 aromatic rings. The first-order valence-electron chi connectivity index (χ1n) is 9.45. The average Bonchev–Trinajstić information content (AvgIpc) is 2.98. The third-order valence-electron chi connectivity index (χ3n) is 4.67. The topological polar surface area (TPSA) is 67.9 Å². The van der Waals surface area contributed by atoms with Crippen molar-refractivity contribution in [2.45, 2.75) is 32.9 Å². The number of hydrogen-bond acceptors (Lipinski definition) is 4. The minimum atomic E-state index is -0.551. The fraction of sp³-hybridized carbons (Fsp3) is 0.273. The number of carbonyl (C=O) groups is 2. The predicted octanol–water partition coefficient (Wildman–Crippen LogP) is 4.76. The van der Waals surface area contributed by atoms with Gasteiger partial charge in [0.1, 0.15) is 11.5 Å². The summed E-state index contributed by atoms with van der Waals surface area (Å²) in [5.74, 6) is -0.0209. The van der Waals surface area contributed by atoms with Crippen LogP contribution >= 0.6 is 11.6 Å². The molecule has 3 rings (SSSR count). The van der Waals surface area contributed by atoms with Crippen LogP contribution in [0, 0.1) is 5.82 Å². The molecule has 2 aromatic carbocycles. The Labute approximate surface area is 179 Å². The quantitative estimate of drug-likeness (QED) is 0.506. The van der Waals surface area contributed by atoms with Crippen LogP contribution in [0.1, 0.15) is 31.4 Å². The minimum absolute atomic E-state index is 0.0358. The molecule has 1 N–H and O–H groups in total. The van der Waals surface area contributed by atoms with E-state index in [1.807, 2.05) is 13.8 Å². The Morgan fingerprint density at radius 1 is 1.23 bits per heavy atom. The van der Waals surface area contributed by atoms with Gasteiger partial charge in [0.2, 0.25) is 0 Å². The van der Waals surface area contributed by atoms with Gasteiger partial charge in [-0.1, -0.05) is 30.7 Å². The van der Waals surface area contributed by atoms with Crippen LogP contribution in [-0.4, -0.2) is 30.1 Å². The zero-order chi connectivity index (χ0) is 21.8. The Morgan fingerprint density at radius 2 is 1.93 bits per heavy atom. The minimum Gasteiger partial charge on any atom is -0.493 e. The number of nitrogens with zero attached hydrogens (tertiary/aromatic N) is 1. The van der Waals surface area contributed by atoms with Crippen LogP contribution in [0.4, 0.5) is 9.18 Å². The molecule has 1 aliphatic rings. The van der Waals surface area contributed by atoms with E-state index >= 15 is 0 Å². The lowest BCUT2D eigenvalue weighted by atomic mass is 10.1. The molecule has 0 spiro atoms. The van der Waals surface area contributed by atoms with E-state index in [1.54, 1.807) is 12.1 Å². The van der Waals surface area contributed by atoms with Gasteiger partial charge in [0.15, 0.2) is 11.5 Å². The normalized spacial score (nSPS) is 16.0. The van der Waals surface area contributed by atoms with Crippen LogP contribution in [0.3, 0.4) is 0 Å². The molecule has 0 bridgehead atoms. The van der Waals surface area contributed by atoms with Crippen LogP contribution in [0.25, 0.3) is 6.08 Å². The molecule has 0 saturated carbocycles. The highest BCUT2D eigenvalue weighted by Crippen LogP contribution is 2.38. The fourth-order valence-electron chi connectivity index (χ4n) is 2.88. The van der Waals surface area contributed by atoms with Crippen LogP contribution in [-0.2, 0) is 11.3 Å². The number of nitrogens with one attached hydrogen (secondary N) is 1. The molecular formula is C22H22ClFN2O4. The summed E-state index contributed by atoms with van der Waals surface area (Å²) in [7, 11) is 1.50. The molecule has 0 aromatic heterocycles. The SMILES string of the molecule is CC[C@H](C)Oc1c(Cl)cc(/C=C2\NC(=O)N(Cc3ccc(F)cc3)C2=O)cc1OC. The van der Waals surface area contributed by atoms with Gasteiger partial charge in [-0.05, 0) is 54.8 Å². The molecule has 1 fully saturated rings. The summed E-state index contributed by atoms with van der Waals surface area (Å²) in [5, 5.41) is 2.89. The number of ether oxygens (including phenoxy) is 2. The monoisotopic (exact) mass is 432 g/mol. The van der Waals surface area contributed by atoms with Gasteiger partial charge < -0.3 is 14.8 Å². The summed E-state index contributed by atoms with van der Waals surface area (Å²) >= 11 is 6.37. The smallest absolute Gasteiger partial charge is 0.329 e. The number of halogens is 2. The molecule has 6 nitrogen and oxygen atoms in total. The Bertz CT molecular complexity index is 991. The highest BCUT2D eigenvalue weighted by atomic mass is 35.5. The first-order valence-corrected chi connectivity index (χ1v) is 9.83. The van der Waals surface area contributed by atoms with Crippen LogP contribution in [0.2, 0.25) is 5.02 Å². The number of urea groups is 1. The van der Waals surface area contributed by atoms with E-state index in [4.69, 9.17) is 21.1 Å². The molecular weight excluding hydrogens is 411 g/mol. The van der Waals surface area contributed by atoms with Gasteiger partial charge in [0.05, 0.1) is 24.8 Å². The van der Waals surface area contributed by atoms with E-state index in [0.29, 0.717) is 27.6 Å². The second-order valence-corrected chi connectivity index (χ2v) is 7.28. The number of methoxy groups -OCH3 is 1. The second kappa shape index (κ2) is 9.17. The van der Waals surface area contributed by atoms with Crippen molar-refractivity contribution in [3.8, 4) is 11.5 Å². The Hall–Kier alpha value is -3.06. The first kappa shape index (κ1) is 21.6. The van der Waals surface area contributed by atoms with Gasteiger partial charge >= 0.3 is 6.03 Å². The van der Waals surface area contributed by atoms with E-state index < -0.39 is 11.9 Å². The van der Waals surface area contributed by atoms with Crippen LogP contribution < -0.4 is 14.8 Å². The van der Waals surface area contributed by atoms with Crippen LogP contribution in [0.5, 0.6) is 11.5 Å². The highest BCUT2D eigenvalue weighted by Gasteiger charge is 2.33. The van der Waals surface area contributed by atoms with Gasteiger partial charge in [-0.2, -0.15) is 0 Å². The molecule has 0 unspecified atom stereocenters. The van der Waals surface area contributed by atoms with Crippen molar-refractivity contribution in [2.75, 3.05) is 7.11 Å². The van der Waals surface area contributed by atoms with Crippen molar-refractivity contribution in [2.24, 2.45) is 0 Å². The van der Waals surface area contributed by atoms with E-state index in [2.05, 4.69) is 5.32 Å². The van der Waals surface area contributed by atoms with Gasteiger partial charge in [0.25, 0.3) is 5.91 Å². The molecule has 158 valence electrons. The summed E-state index contributed by atoms with van der Waals surface area (Å²) in [4.78, 5) is 26.0. The lowest BCUT2D eigenvalue weighted by Gasteiger charge is -2.17. The fourth-order valence-corrected chi connectivity index (χ4v) is 3.14. The van der Waals surface area contributed by atoms with E-state index in [9.17, 15) is 14.0 Å². The van der Waals surface area contributed by atoms with Gasteiger partial charge in [-0.25, -0.2) is 9.18 Å². The second-order valence-electron chi connectivity index (χ2n) is 6.88. The number of rotatable bonds is 7. The number of benzene rings is 2. The highest BCUT2D eigenvalue weighted by molar-refractivity contribution is 6.32. The molecule has 0 radical (unpaired) electrons. The van der Waals surface area contributed by atoms with E-state index in [-0.39, 0.29) is 24.2 Å². The predicted molar refractivity (Wildman–Crippen MR) is 112 cm³/mol. The third kappa shape index (κ3) is 4.74. The zero-order valence-corrected chi connectivity index (χ0v) is 17.6. The lowest BCUT2D eigenvalue weighted by Crippen LogP contribution is -2.30. The third-order valence-corrected chi connectivity index (χ3v) is 4.95. The standard InChI is InChI=1S/C22H22ClFN2O4/c1-4-13(2)30-20-17(23)9-15(11-19(20)29-3)10-18-21(27)26(22(28)25-18)12-14-5-7-16(24)8-6-14/h5-11,13H,4,12H2,1-3H3,(H,25,28)/b18-10-/t13-/m0/s1. The number of hydrogen-bond donors (Lipinski definition) is 1. The summed E-state index contributed by atoms with van der Waals surface area (Å²) in [6.07, 6.45) is 2.28. The maximum absolute atomic E-state index is 13.1. The van der Waals surface area contributed by atoms with E-state index in [1.165, 1.54) is 37.5 Å². The van der Waals surface area contributed by atoms with Crippen molar-refractivity contribution < 1.29 is 23.5 Å². The Balaban J connectivity index is 1.84. The van der Waals surface area contributed by atoms with Crippen molar-refractivity contribution in [3.05, 3.63) is 64.1 Å². The lowest BCUT2D eigenvalue weighted by molar-refractivity contribution is -0.123. The molecule has 8 heteroatoms. The van der Waals surface area contributed by atoms with Crippen molar-refractivity contribution in [1.82, 2.24) is 10.2 Å². The summed E-state index contributed by atoms with van der Waals surface area (Å²) in [6, 6.07) is 8.38. The molecule has 0 aliphatic carbocycles. The maximum atomic E-state index is 13.1. The van der Waals surface area contributed by atoms with Crippen molar-refractivity contribution in [3.63, 3.8) is 0 Å². The van der Waals surface area contributed by atoms with Crippen molar-refractivity contribution in [1.29, 1.82) is 0 Å². The van der Waals surface area contributed by atoms with Crippen LogP contribution in [0.15, 0.2) is 42.1 Å². The zero-order valence-electron chi connectivity index (χ0n) is 16.9. The largest absolute Gasteiger partial charge is 0.493 e. The molecule has 1 atom stereocenters. The van der Waals surface area contributed by atoms with Gasteiger partial charge in [0, 0.05) is 0 Å². The summed E-state index contributed by atoms with van der Waals surface area (Å²) in [6.45, 7) is 3.96. The van der Waals surface area contributed by atoms with Gasteiger partial charge in [-0.15, -0.1) is 0 Å². The molecule has 3 amide bonds.